The van der Waals surface area contributed by atoms with Gasteiger partial charge in [-0.15, -0.1) is 0 Å². The van der Waals surface area contributed by atoms with Crippen molar-refractivity contribution in [2.45, 2.75) is 13.0 Å². The van der Waals surface area contributed by atoms with E-state index in [-0.39, 0.29) is 0 Å². The van der Waals surface area contributed by atoms with E-state index in [1.807, 2.05) is 12.1 Å². The number of ether oxygens (including phenoxy) is 2. The van der Waals surface area contributed by atoms with Crippen LogP contribution in [0.4, 0.5) is 0 Å². The zero-order valence-electron chi connectivity index (χ0n) is 8.62. The molecule has 0 radical (unpaired) electrons. The fourth-order valence-corrected chi connectivity index (χ4v) is 2.13. The predicted octanol–water partition coefficient (Wildman–Crippen LogP) is 3.00. The second-order valence-corrected chi connectivity index (χ2v) is 4.79. The Kier molecular flexibility index (Phi) is 4.18. The standard InChI is InChI=1S/C12H15BrO2/c13-12-3-1-2-10(6-12)7-15-9-11-4-5-14-8-11/h1-3,6,11H,4-5,7-9H2. The van der Waals surface area contributed by atoms with E-state index in [9.17, 15) is 0 Å². The van der Waals surface area contributed by atoms with E-state index in [0.717, 1.165) is 30.7 Å². The van der Waals surface area contributed by atoms with Gasteiger partial charge in [0, 0.05) is 17.0 Å². The Bertz CT molecular complexity index is 308. The van der Waals surface area contributed by atoms with Crippen molar-refractivity contribution >= 4 is 15.9 Å². The van der Waals surface area contributed by atoms with Crippen molar-refractivity contribution in [3.05, 3.63) is 34.3 Å². The van der Waals surface area contributed by atoms with Crippen molar-refractivity contribution < 1.29 is 9.47 Å². The van der Waals surface area contributed by atoms with Crippen LogP contribution in [0.15, 0.2) is 28.7 Å². The molecule has 1 unspecified atom stereocenters. The van der Waals surface area contributed by atoms with E-state index in [0.29, 0.717) is 12.5 Å². The van der Waals surface area contributed by atoms with E-state index >= 15 is 0 Å². The molecular formula is C12H15BrO2. The Hall–Kier alpha value is -0.380. The summed E-state index contributed by atoms with van der Waals surface area (Å²) in [5.41, 5.74) is 1.21. The van der Waals surface area contributed by atoms with Crippen LogP contribution in [-0.2, 0) is 16.1 Å². The minimum Gasteiger partial charge on any atom is -0.381 e. The van der Waals surface area contributed by atoms with Crippen molar-refractivity contribution in [1.29, 1.82) is 0 Å². The highest BCUT2D eigenvalue weighted by atomic mass is 79.9. The molecule has 0 spiro atoms. The quantitative estimate of drug-likeness (QED) is 0.838. The van der Waals surface area contributed by atoms with Crippen LogP contribution < -0.4 is 0 Å². The lowest BCUT2D eigenvalue weighted by molar-refractivity contribution is 0.0791. The third-order valence-corrected chi connectivity index (χ3v) is 3.03. The first-order chi connectivity index (χ1) is 7.34. The maximum absolute atomic E-state index is 5.66. The fraction of sp³-hybridized carbons (Fsp3) is 0.500. The van der Waals surface area contributed by atoms with Gasteiger partial charge in [0.05, 0.1) is 19.8 Å². The molecule has 1 fully saturated rings. The molecule has 3 heteroatoms. The van der Waals surface area contributed by atoms with Gasteiger partial charge in [-0.25, -0.2) is 0 Å². The molecule has 15 heavy (non-hydrogen) atoms. The molecule has 1 aliphatic heterocycles. The molecule has 0 aromatic heterocycles. The Morgan fingerprint density at radius 2 is 2.40 bits per heavy atom. The van der Waals surface area contributed by atoms with Gasteiger partial charge in [0.25, 0.3) is 0 Å². The van der Waals surface area contributed by atoms with E-state index in [2.05, 4.69) is 28.1 Å². The van der Waals surface area contributed by atoms with Crippen LogP contribution in [0.2, 0.25) is 0 Å². The van der Waals surface area contributed by atoms with Crippen LogP contribution in [0.1, 0.15) is 12.0 Å². The van der Waals surface area contributed by atoms with Crippen molar-refractivity contribution in [2.75, 3.05) is 19.8 Å². The first-order valence-corrected chi connectivity index (χ1v) is 6.04. The third-order valence-electron chi connectivity index (χ3n) is 2.54. The first kappa shape index (κ1) is 11.1. The van der Waals surface area contributed by atoms with Crippen molar-refractivity contribution in [3.63, 3.8) is 0 Å². The third kappa shape index (κ3) is 3.59. The summed E-state index contributed by atoms with van der Waals surface area (Å²) in [7, 11) is 0. The molecule has 1 saturated heterocycles. The van der Waals surface area contributed by atoms with Crippen LogP contribution in [0, 0.1) is 5.92 Å². The second kappa shape index (κ2) is 5.64. The molecule has 0 amide bonds. The van der Waals surface area contributed by atoms with E-state index in [4.69, 9.17) is 9.47 Å². The first-order valence-electron chi connectivity index (χ1n) is 5.24. The lowest BCUT2D eigenvalue weighted by Crippen LogP contribution is -2.09. The van der Waals surface area contributed by atoms with Crippen LogP contribution >= 0.6 is 15.9 Å². The molecule has 0 aliphatic carbocycles. The summed E-state index contributed by atoms with van der Waals surface area (Å²) in [5.74, 6) is 0.595. The Morgan fingerprint density at radius 1 is 1.47 bits per heavy atom. The number of halogens is 1. The highest BCUT2D eigenvalue weighted by molar-refractivity contribution is 9.10. The molecule has 82 valence electrons. The molecule has 1 aromatic carbocycles. The van der Waals surface area contributed by atoms with Gasteiger partial charge < -0.3 is 9.47 Å². The number of hydrogen-bond acceptors (Lipinski definition) is 2. The minimum absolute atomic E-state index is 0.595. The highest BCUT2D eigenvalue weighted by Gasteiger charge is 2.15. The SMILES string of the molecule is Brc1cccc(COCC2CCOC2)c1. The van der Waals surface area contributed by atoms with Gasteiger partial charge in [-0.05, 0) is 24.1 Å². The molecule has 0 saturated carbocycles. The minimum atomic E-state index is 0.595. The zero-order chi connectivity index (χ0) is 10.5. The van der Waals surface area contributed by atoms with Gasteiger partial charge in [-0.1, -0.05) is 28.1 Å². The van der Waals surface area contributed by atoms with Crippen molar-refractivity contribution in [3.8, 4) is 0 Å². The molecular weight excluding hydrogens is 256 g/mol. The van der Waals surface area contributed by atoms with Gasteiger partial charge in [0.1, 0.15) is 0 Å². The van der Waals surface area contributed by atoms with Crippen molar-refractivity contribution in [2.24, 2.45) is 5.92 Å². The van der Waals surface area contributed by atoms with Crippen LogP contribution in [0.3, 0.4) is 0 Å². The summed E-state index contributed by atoms with van der Waals surface area (Å²) in [6, 6.07) is 8.22. The maximum Gasteiger partial charge on any atom is 0.0717 e. The number of rotatable bonds is 4. The number of benzene rings is 1. The van der Waals surface area contributed by atoms with Crippen molar-refractivity contribution in [1.82, 2.24) is 0 Å². The summed E-state index contributed by atoms with van der Waals surface area (Å²) in [6.07, 6.45) is 1.14. The van der Waals surface area contributed by atoms with Crippen LogP contribution in [-0.4, -0.2) is 19.8 Å². The summed E-state index contributed by atoms with van der Waals surface area (Å²) in [4.78, 5) is 0. The molecule has 2 nitrogen and oxygen atoms in total. The fourth-order valence-electron chi connectivity index (χ4n) is 1.68. The van der Waals surface area contributed by atoms with Gasteiger partial charge in [0.2, 0.25) is 0 Å². The van der Waals surface area contributed by atoms with E-state index < -0.39 is 0 Å². The molecule has 1 aliphatic rings. The summed E-state index contributed by atoms with van der Waals surface area (Å²) >= 11 is 3.44. The van der Waals surface area contributed by atoms with E-state index in [1.54, 1.807) is 0 Å². The van der Waals surface area contributed by atoms with Gasteiger partial charge in [-0.2, -0.15) is 0 Å². The Labute approximate surface area is 98.7 Å². The molecule has 1 aromatic rings. The summed E-state index contributed by atoms with van der Waals surface area (Å²) in [5, 5.41) is 0. The van der Waals surface area contributed by atoms with Gasteiger partial charge in [0.15, 0.2) is 0 Å². The van der Waals surface area contributed by atoms with Crippen LogP contribution in [0.25, 0.3) is 0 Å². The normalized spacial score (nSPS) is 20.7. The summed E-state index contributed by atoms with van der Waals surface area (Å²) in [6.45, 7) is 3.26. The lowest BCUT2D eigenvalue weighted by atomic mass is 10.1. The zero-order valence-corrected chi connectivity index (χ0v) is 10.2. The Morgan fingerprint density at radius 3 is 3.13 bits per heavy atom. The smallest absolute Gasteiger partial charge is 0.0717 e. The average molecular weight is 271 g/mol. The van der Waals surface area contributed by atoms with E-state index in [1.165, 1.54) is 5.56 Å². The molecule has 2 rings (SSSR count). The lowest BCUT2D eigenvalue weighted by Gasteiger charge is -2.08. The molecule has 1 heterocycles. The largest absolute Gasteiger partial charge is 0.381 e. The second-order valence-electron chi connectivity index (χ2n) is 3.87. The monoisotopic (exact) mass is 270 g/mol. The van der Waals surface area contributed by atoms with Gasteiger partial charge in [-0.3, -0.25) is 0 Å². The average Bonchev–Trinajstić information content (AvgIpc) is 2.71. The summed E-state index contributed by atoms with van der Waals surface area (Å²) < 4.78 is 12.1. The molecule has 0 bridgehead atoms. The topological polar surface area (TPSA) is 18.5 Å². The maximum atomic E-state index is 5.66. The highest BCUT2D eigenvalue weighted by Crippen LogP contribution is 2.15. The molecule has 1 atom stereocenters. The molecule has 0 N–H and O–H groups in total. The number of hydrogen-bond donors (Lipinski definition) is 0. The van der Waals surface area contributed by atoms with Crippen LogP contribution in [0.5, 0.6) is 0 Å². The predicted molar refractivity (Wildman–Crippen MR) is 62.7 cm³/mol. The van der Waals surface area contributed by atoms with Gasteiger partial charge >= 0.3 is 0 Å². The Balaban J connectivity index is 1.73.